The molecule has 0 bridgehead atoms. The van der Waals surface area contributed by atoms with Gasteiger partial charge in [-0.3, -0.25) is 4.79 Å². The zero-order valence-electron chi connectivity index (χ0n) is 10.7. The van der Waals surface area contributed by atoms with Crippen LogP contribution in [0.1, 0.15) is 32.6 Å². The van der Waals surface area contributed by atoms with E-state index in [9.17, 15) is 4.79 Å². The quantitative estimate of drug-likeness (QED) is 0.799. The topological polar surface area (TPSA) is 32.3 Å². The van der Waals surface area contributed by atoms with Gasteiger partial charge in [-0.25, -0.2) is 0 Å². The first kappa shape index (κ1) is 13.8. The number of nitrogens with zero attached hydrogens (tertiary/aromatic N) is 1. The van der Waals surface area contributed by atoms with Gasteiger partial charge in [-0.15, -0.1) is 0 Å². The minimum absolute atomic E-state index is 0.202. The third kappa shape index (κ3) is 3.98. The standard InChI is InChI=1S/C12H24N2OS/c1-4-14(2)12(15)9-13-10-7-5-6-8-11(10)16-3/h10-11,13H,4-9H2,1-3H3. The number of hydrogen-bond acceptors (Lipinski definition) is 3. The average Bonchev–Trinajstić information content (AvgIpc) is 2.35. The first-order valence-corrected chi connectivity index (χ1v) is 7.48. The number of carbonyl (C=O) groups excluding carboxylic acids is 1. The maximum atomic E-state index is 11.7. The molecule has 1 rings (SSSR count). The second-order valence-electron chi connectivity index (χ2n) is 4.45. The Morgan fingerprint density at radius 2 is 2.12 bits per heavy atom. The summed E-state index contributed by atoms with van der Waals surface area (Å²) in [5.41, 5.74) is 0. The van der Waals surface area contributed by atoms with Crippen LogP contribution in [-0.2, 0) is 4.79 Å². The molecule has 1 aliphatic rings. The van der Waals surface area contributed by atoms with Crippen LogP contribution in [0, 0.1) is 0 Å². The highest BCUT2D eigenvalue weighted by Crippen LogP contribution is 2.26. The van der Waals surface area contributed by atoms with Gasteiger partial charge in [0.25, 0.3) is 0 Å². The second kappa shape index (κ2) is 7.17. The Morgan fingerprint density at radius 3 is 2.75 bits per heavy atom. The van der Waals surface area contributed by atoms with E-state index in [1.54, 1.807) is 4.90 Å². The van der Waals surface area contributed by atoms with Crippen LogP contribution in [0.15, 0.2) is 0 Å². The summed E-state index contributed by atoms with van der Waals surface area (Å²) in [5.74, 6) is 0.202. The van der Waals surface area contributed by atoms with Crippen molar-refractivity contribution < 1.29 is 4.79 Å². The lowest BCUT2D eigenvalue weighted by Crippen LogP contribution is -2.45. The van der Waals surface area contributed by atoms with Crippen LogP contribution in [0.25, 0.3) is 0 Å². The molecule has 2 unspecified atom stereocenters. The highest BCUT2D eigenvalue weighted by Gasteiger charge is 2.24. The molecule has 4 heteroatoms. The Morgan fingerprint density at radius 1 is 1.44 bits per heavy atom. The molecule has 0 heterocycles. The number of carbonyl (C=O) groups is 1. The second-order valence-corrected chi connectivity index (χ2v) is 5.53. The summed E-state index contributed by atoms with van der Waals surface area (Å²) in [6.07, 6.45) is 7.31. The molecule has 1 amide bonds. The number of thioether (sulfide) groups is 1. The summed E-state index contributed by atoms with van der Waals surface area (Å²) in [5, 5.41) is 4.11. The monoisotopic (exact) mass is 244 g/mol. The smallest absolute Gasteiger partial charge is 0.236 e. The minimum atomic E-state index is 0.202. The molecule has 0 saturated heterocycles. The largest absolute Gasteiger partial charge is 0.345 e. The van der Waals surface area contributed by atoms with Crippen LogP contribution in [0.4, 0.5) is 0 Å². The molecule has 0 spiro atoms. The molecule has 0 aromatic rings. The van der Waals surface area contributed by atoms with Gasteiger partial charge in [-0.1, -0.05) is 12.8 Å². The van der Waals surface area contributed by atoms with E-state index in [1.165, 1.54) is 25.7 Å². The molecule has 1 N–H and O–H groups in total. The summed E-state index contributed by atoms with van der Waals surface area (Å²) in [4.78, 5) is 13.4. The fourth-order valence-corrected chi connectivity index (χ4v) is 3.11. The third-order valence-electron chi connectivity index (χ3n) is 3.42. The summed E-state index contributed by atoms with van der Waals surface area (Å²) in [6, 6.07) is 0.526. The predicted octanol–water partition coefficient (Wildman–Crippen LogP) is 1.73. The van der Waals surface area contributed by atoms with Gasteiger partial charge in [0.2, 0.25) is 5.91 Å². The van der Waals surface area contributed by atoms with E-state index in [0.717, 1.165) is 6.54 Å². The summed E-state index contributed by atoms with van der Waals surface area (Å²) in [6.45, 7) is 3.28. The Labute approximate surface area is 103 Å². The van der Waals surface area contributed by atoms with E-state index in [0.29, 0.717) is 17.8 Å². The van der Waals surface area contributed by atoms with Crippen molar-refractivity contribution in [3.63, 3.8) is 0 Å². The van der Waals surface area contributed by atoms with E-state index >= 15 is 0 Å². The highest BCUT2D eigenvalue weighted by atomic mass is 32.2. The van der Waals surface area contributed by atoms with Crippen molar-refractivity contribution in [1.29, 1.82) is 0 Å². The van der Waals surface area contributed by atoms with Gasteiger partial charge in [0, 0.05) is 24.9 Å². The van der Waals surface area contributed by atoms with Crippen LogP contribution < -0.4 is 5.32 Å². The molecule has 1 fully saturated rings. The Bertz CT molecular complexity index is 223. The van der Waals surface area contributed by atoms with Crippen molar-refractivity contribution in [2.24, 2.45) is 0 Å². The van der Waals surface area contributed by atoms with Gasteiger partial charge in [0.05, 0.1) is 6.54 Å². The van der Waals surface area contributed by atoms with Crippen molar-refractivity contribution >= 4 is 17.7 Å². The van der Waals surface area contributed by atoms with E-state index in [1.807, 2.05) is 25.7 Å². The molecule has 0 aromatic carbocycles. The van der Waals surface area contributed by atoms with E-state index in [-0.39, 0.29) is 5.91 Å². The number of likely N-dealkylation sites (N-methyl/N-ethyl adjacent to an activating group) is 1. The van der Waals surface area contributed by atoms with Gasteiger partial charge < -0.3 is 10.2 Å². The SMILES string of the molecule is CCN(C)C(=O)CNC1CCCCC1SC. The number of hydrogen-bond donors (Lipinski definition) is 1. The molecule has 3 nitrogen and oxygen atoms in total. The molecule has 1 aliphatic carbocycles. The van der Waals surface area contributed by atoms with Gasteiger partial charge in [-0.05, 0) is 26.0 Å². The molecule has 1 saturated carbocycles. The third-order valence-corrected chi connectivity index (χ3v) is 4.59. The zero-order chi connectivity index (χ0) is 12.0. The van der Waals surface area contributed by atoms with Gasteiger partial charge in [0.15, 0.2) is 0 Å². The van der Waals surface area contributed by atoms with Crippen LogP contribution >= 0.6 is 11.8 Å². The first-order chi connectivity index (χ1) is 7.69. The normalized spacial score (nSPS) is 25.4. The van der Waals surface area contributed by atoms with Crippen molar-refractivity contribution in [3.05, 3.63) is 0 Å². The fraction of sp³-hybridized carbons (Fsp3) is 0.917. The highest BCUT2D eigenvalue weighted by molar-refractivity contribution is 7.99. The van der Waals surface area contributed by atoms with Crippen LogP contribution in [-0.4, -0.2) is 48.5 Å². The maximum Gasteiger partial charge on any atom is 0.236 e. The average molecular weight is 244 g/mol. The number of nitrogens with one attached hydrogen (secondary N) is 1. The van der Waals surface area contributed by atoms with Crippen molar-refractivity contribution in [3.8, 4) is 0 Å². The fourth-order valence-electron chi connectivity index (χ4n) is 2.14. The molecule has 16 heavy (non-hydrogen) atoms. The Hall–Kier alpha value is -0.220. The maximum absolute atomic E-state index is 11.7. The number of rotatable bonds is 5. The minimum Gasteiger partial charge on any atom is -0.345 e. The van der Waals surface area contributed by atoms with Gasteiger partial charge in [-0.2, -0.15) is 11.8 Å². The van der Waals surface area contributed by atoms with Gasteiger partial charge >= 0.3 is 0 Å². The number of amides is 1. The molecular weight excluding hydrogens is 220 g/mol. The summed E-state index contributed by atoms with van der Waals surface area (Å²) < 4.78 is 0. The zero-order valence-corrected chi connectivity index (χ0v) is 11.5. The molecular formula is C12H24N2OS. The summed E-state index contributed by atoms with van der Waals surface area (Å²) in [7, 11) is 1.86. The lowest BCUT2D eigenvalue weighted by Gasteiger charge is -2.31. The lowest BCUT2D eigenvalue weighted by atomic mass is 9.95. The first-order valence-electron chi connectivity index (χ1n) is 6.19. The molecule has 2 atom stereocenters. The van der Waals surface area contributed by atoms with Gasteiger partial charge in [0.1, 0.15) is 0 Å². The van der Waals surface area contributed by atoms with Crippen molar-refractivity contribution in [2.45, 2.75) is 43.9 Å². The lowest BCUT2D eigenvalue weighted by molar-refractivity contribution is -0.128. The van der Waals surface area contributed by atoms with Crippen LogP contribution in [0.2, 0.25) is 0 Å². The summed E-state index contributed by atoms with van der Waals surface area (Å²) >= 11 is 1.93. The Kier molecular flexibility index (Phi) is 6.21. The van der Waals surface area contributed by atoms with Crippen LogP contribution in [0.3, 0.4) is 0 Å². The predicted molar refractivity (Wildman–Crippen MR) is 70.9 cm³/mol. The van der Waals surface area contributed by atoms with E-state index < -0.39 is 0 Å². The molecule has 94 valence electrons. The van der Waals surface area contributed by atoms with E-state index in [4.69, 9.17) is 0 Å². The van der Waals surface area contributed by atoms with Crippen LogP contribution in [0.5, 0.6) is 0 Å². The molecule has 0 aliphatic heterocycles. The molecule has 0 radical (unpaired) electrons. The Balaban J connectivity index is 2.32. The van der Waals surface area contributed by atoms with Crippen molar-refractivity contribution in [1.82, 2.24) is 10.2 Å². The van der Waals surface area contributed by atoms with Crippen molar-refractivity contribution in [2.75, 3.05) is 26.4 Å². The van der Waals surface area contributed by atoms with E-state index in [2.05, 4.69) is 11.6 Å². The molecule has 0 aromatic heterocycles.